The quantitative estimate of drug-likeness (QED) is 0.174. The van der Waals surface area contributed by atoms with E-state index in [2.05, 4.69) is 179 Å². The van der Waals surface area contributed by atoms with Gasteiger partial charge in [0.1, 0.15) is 0 Å². The Kier molecular flexibility index (Phi) is 8.18. The fraction of sp³-hybridized carbons (Fsp3) is 0.175. The molecule has 62 heavy (non-hydrogen) atoms. The van der Waals surface area contributed by atoms with Gasteiger partial charge in [0.25, 0.3) is 0 Å². The van der Waals surface area contributed by atoms with Crippen LogP contribution in [0, 0.1) is 11.8 Å². The van der Waals surface area contributed by atoms with Crippen LogP contribution in [0.25, 0.3) is 79.8 Å². The van der Waals surface area contributed by atoms with E-state index in [1.54, 1.807) is 0 Å². The molecule has 0 saturated carbocycles. The van der Waals surface area contributed by atoms with Gasteiger partial charge >= 0.3 is 0 Å². The van der Waals surface area contributed by atoms with Gasteiger partial charge in [-0.1, -0.05) is 133 Å². The van der Waals surface area contributed by atoms with Gasteiger partial charge in [0.15, 0.2) is 17.5 Å². The maximum atomic E-state index is 5.50. The highest BCUT2D eigenvalue weighted by Gasteiger charge is 2.50. The van der Waals surface area contributed by atoms with E-state index in [0.717, 1.165) is 72.7 Å². The van der Waals surface area contributed by atoms with Crippen LogP contribution in [0.5, 0.6) is 0 Å². The summed E-state index contributed by atoms with van der Waals surface area (Å²) >= 11 is 0. The van der Waals surface area contributed by atoms with Crippen LogP contribution in [0.2, 0.25) is 0 Å². The smallest absolute Gasteiger partial charge is 0.166 e. The van der Waals surface area contributed by atoms with Crippen LogP contribution in [-0.2, 0) is 19.3 Å². The summed E-state index contributed by atoms with van der Waals surface area (Å²) in [6.45, 7) is 0. The van der Waals surface area contributed by atoms with Crippen LogP contribution >= 0.6 is 0 Å². The SMILES string of the molecule is C1=Cc2c(cc(-c3nc(-c4ccccc4)nc(-c4ccccc4N4C5=Cc6ccccc6CC5C5C(n6c7c(c8ccccc86)CCC=C7)=CCCC54)n3)c3ccccc23)CC1. The fourth-order valence-corrected chi connectivity index (χ4v) is 11.6. The molecule has 1 aliphatic heterocycles. The Balaban J connectivity index is 1.01. The lowest BCUT2D eigenvalue weighted by Crippen LogP contribution is -2.36. The minimum absolute atomic E-state index is 0.249. The number of benzene rings is 6. The topological polar surface area (TPSA) is 46.8 Å². The molecule has 1 fully saturated rings. The minimum Gasteiger partial charge on any atom is -0.340 e. The number of hydrogen-bond acceptors (Lipinski definition) is 4. The molecule has 2 aromatic heterocycles. The number of aryl methyl sites for hydroxylation is 2. The molecule has 13 rings (SSSR count). The van der Waals surface area contributed by atoms with E-state index in [9.17, 15) is 0 Å². The highest BCUT2D eigenvalue weighted by Crippen LogP contribution is 2.55. The summed E-state index contributed by atoms with van der Waals surface area (Å²) in [7, 11) is 0. The van der Waals surface area contributed by atoms with Crippen LogP contribution in [0.15, 0.2) is 157 Å². The first kappa shape index (κ1) is 35.6. The molecule has 4 aliphatic carbocycles. The molecule has 5 aliphatic rings. The molecule has 6 aromatic carbocycles. The Labute approximate surface area is 362 Å². The summed E-state index contributed by atoms with van der Waals surface area (Å²) in [5, 5.41) is 3.80. The van der Waals surface area contributed by atoms with Gasteiger partial charge in [0.05, 0.1) is 11.2 Å². The summed E-state index contributed by atoms with van der Waals surface area (Å²) in [5.41, 5.74) is 16.6. The van der Waals surface area contributed by atoms with Crippen molar-refractivity contribution in [2.45, 2.75) is 51.0 Å². The van der Waals surface area contributed by atoms with Gasteiger partial charge in [-0.15, -0.1) is 0 Å². The Morgan fingerprint density at radius 1 is 0.565 bits per heavy atom. The van der Waals surface area contributed by atoms with Gasteiger partial charge < -0.3 is 9.47 Å². The molecule has 8 aromatic rings. The molecule has 5 heteroatoms. The van der Waals surface area contributed by atoms with Gasteiger partial charge in [-0.25, -0.2) is 15.0 Å². The summed E-state index contributed by atoms with van der Waals surface area (Å²) in [6.07, 6.45) is 21.7. The van der Waals surface area contributed by atoms with E-state index >= 15 is 0 Å². The lowest BCUT2D eigenvalue weighted by Gasteiger charge is -2.35. The number of aromatic nitrogens is 4. The maximum Gasteiger partial charge on any atom is 0.166 e. The Hall–Kier alpha value is -7.11. The minimum atomic E-state index is 0.249. The molecule has 5 nitrogen and oxygen atoms in total. The third-order valence-corrected chi connectivity index (χ3v) is 14.3. The van der Waals surface area contributed by atoms with Gasteiger partial charge in [0, 0.05) is 57.0 Å². The van der Waals surface area contributed by atoms with Gasteiger partial charge in [0.2, 0.25) is 0 Å². The van der Waals surface area contributed by atoms with Crippen LogP contribution < -0.4 is 4.90 Å². The zero-order valence-electron chi connectivity index (χ0n) is 34.6. The number of hydrogen-bond donors (Lipinski definition) is 0. The van der Waals surface area contributed by atoms with Crippen molar-refractivity contribution in [3.05, 3.63) is 191 Å². The zero-order valence-corrected chi connectivity index (χ0v) is 34.6. The third-order valence-electron chi connectivity index (χ3n) is 14.3. The summed E-state index contributed by atoms with van der Waals surface area (Å²) in [4.78, 5) is 18.9. The molecule has 298 valence electrons. The molecule has 0 amide bonds. The molecular weight excluding hydrogens is 755 g/mol. The first-order valence-corrected chi connectivity index (χ1v) is 22.5. The van der Waals surface area contributed by atoms with Gasteiger partial charge in [-0.3, -0.25) is 0 Å². The second kappa shape index (κ2) is 14.2. The highest BCUT2D eigenvalue weighted by atomic mass is 15.2. The number of allylic oxidation sites excluding steroid dienone is 4. The van der Waals surface area contributed by atoms with E-state index in [4.69, 9.17) is 15.0 Å². The van der Waals surface area contributed by atoms with Crippen molar-refractivity contribution in [2.75, 3.05) is 4.90 Å². The van der Waals surface area contributed by atoms with Crippen LogP contribution in [0.1, 0.15) is 59.2 Å². The number of rotatable bonds is 5. The van der Waals surface area contributed by atoms with Crippen molar-refractivity contribution in [3.8, 4) is 34.2 Å². The number of para-hydroxylation sites is 2. The average Bonchev–Trinajstić information content (AvgIpc) is 3.85. The molecule has 0 spiro atoms. The molecule has 3 heterocycles. The Bertz CT molecular complexity index is 3250. The predicted molar refractivity (Wildman–Crippen MR) is 255 cm³/mol. The van der Waals surface area contributed by atoms with Crippen LogP contribution in [0.3, 0.4) is 0 Å². The molecule has 0 radical (unpaired) electrons. The molecule has 0 bridgehead atoms. The van der Waals surface area contributed by atoms with E-state index in [1.165, 1.54) is 61.2 Å². The molecule has 0 N–H and O–H groups in total. The Morgan fingerprint density at radius 3 is 2.21 bits per heavy atom. The summed E-state index contributed by atoms with van der Waals surface area (Å²) < 4.78 is 2.65. The van der Waals surface area contributed by atoms with E-state index in [-0.39, 0.29) is 12.0 Å². The first-order chi connectivity index (χ1) is 30.8. The number of nitrogens with zero attached hydrogens (tertiary/aromatic N) is 5. The van der Waals surface area contributed by atoms with Crippen LogP contribution in [0.4, 0.5) is 5.69 Å². The van der Waals surface area contributed by atoms with Gasteiger partial charge in [-0.05, 0) is 120 Å². The lowest BCUT2D eigenvalue weighted by atomic mass is 9.75. The van der Waals surface area contributed by atoms with Crippen molar-refractivity contribution in [2.24, 2.45) is 11.8 Å². The third kappa shape index (κ3) is 5.50. The maximum absolute atomic E-state index is 5.50. The largest absolute Gasteiger partial charge is 0.340 e. The zero-order chi connectivity index (χ0) is 40.7. The summed E-state index contributed by atoms with van der Waals surface area (Å²) in [6, 6.07) is 48.8. The van der Waals surface area contributed by atoms with Crippen LogP contribution in [-0.4, -0.2) is 25.6 Å². The molecule has 3 unspecified atom stereocenters. The standard InChI is InChI=1S/C57H45N5/c1-2-17-36(18-3-1)55-58-56(60-57(59-55)46-34-39-21-6-7-22-40(39)41-23-8-9-24-42(41)46)45-27-12-15-30-50(45)62-52-32-16-31-51(54(52)47-33-37-19-4-5-20-38(37)35-53(47)62)61-48-28-13-10-25-43(48)44-26-11-14-29-49(44)61/h1-5,7-10,12-15,17-20,22-25,27-31,34-35,47,52,54H,6,11,16,21,26,32-33H2. The lowest BCUT2D eigenvalue weighted by molar-refractivity contribution is 0.423. The second-order valence-electron chi connectivity index (χ2n) is 17.6. The normalized spacial score (nSPS) is 19.7. The summed E-state index contributed by atoms with van der Waals surface area (Å²) in [5.74, 6) is 2.69. The second-order valence-corrected chi connectivity index (χ2v) is 17.6. The first-order valence-electron chi connectivity index (χ1n) is 22.5. The average molecular weight is 800 g/mol. The van der Waals surface area contributed by atoms with Crippen molar-refractivity contribution in [3.63, 3.8) is 0 Å². The van der Waals surface area contributed by atoms with E-state index in [0.29, 0.717) is 23.4 Å². The number of fused-ring (bicyclic) bond motifs is 10. The predicted octanol–water partition coefficient (Wildman–Crippen LogP) is 13.3. The van der Waals surface area contributed by atoms with Crippen molar-refractivity contribution in [1.82, 2.24) is 19.5 Å². The monoisotopic (exact) mass is 799 g/mol. The fourth-order valence-electron chi connectivity index (χ4n) is 11.6. The molecular formula is C57H45N5. The van der Waals surface area contributed by atoms with Crippen molar-refractivity contribution in [1.29, 1.82) is 0 Å². The Morgan fingerprint density at radius 2 is 1.29 bits per heavy atom. The van der Waals surface area contributed by atoms with Crippen molar-refractivity contribution >= 4 is 51.3 Å². The number of anilines is 1. The molecule has 3 atom stereocenters. The molecule has 1 saturated heterocycles. The van der Waals surface area contributed by atoms with E-state index < -0.39 is 0 Å². The van der Waals surface area contributed by atoms with Gasteiger partial charge in [-0.2, -0.15) is 0 Å². The van der Waals surface area contributed by atoms with Crippen molar-refractivity contribution < 1.29 is 0 Å². The van der Waals surface area contributed by atoms with E-state index in [1.807, 2.05) is 0 Å². The highest BCUT2D eigenvalue weighted by molar-refractivity contribution is 6.02.